The summed E-state index contributed by atoms with van der Waals surface area (Å²) >= 11 is 0. The van der Waals surface area contributed by atoms with E-state index in [9.17, 15) is 5.11 Å². The zero-order valence-electron chi connectivity index (χ0n) is 11.7. The lowest BCUT2D eigenvalue weighted by molar-refractivity contribution is 0.467. The van der Waals surface area contributed by atoms with Crippen molar-refractivity contribution in [2.45, 2.75) is 26.7 Å². The van der Waals surface area contributed by atoms with E-state index in [2.05, 4.69) is 17.1 Å². The van der Waals surface area contributed by atoms with Crippen molar-refractivity contribution in [1.82, 2.24) is 15.0 Å². The van der Waals surface area contributed by atoms with Crippen molar-refractivity contribution in [2.24, 2.45) is 0 Å². The van der Waals surface area contributed by atoms with Gasteiger partial charge in [-0.2, -0.15) is 0 Å². The summed E-state index contributed by atoms with van der Waals surface area (Å²) in [4.78, 5) is 1.51. The number of aromatic nitrogens is 3. The molecule has 4 nitrogen and oxygen atoms in total. The third-order valence-electron chi connectivity index (χ3n) is 3.33. The molecular weight excluding hydrogens is 250 g/mol. The Kier molecular flexibility index (Phi) is 3.14. The summed E-state index contributed by atoms with van der Waals surface area (Å²) in [5.74, 6) is 0.196. The number of phenols is 1. The lowest BCUT2D eigenvalue weighted by atomic mass is 10.1. The molecule has 3 rings (SSSR count). The van der Waals surface area contributed by atoms with E-state index in [-0.39, 0.29) is 5.75 Å². The van der Waals surface area contributed by atoms with Crippen LogP contribution in [0.5, 0.6) is 5.75 Å². The van der Waals surface area contributed by atoms with E-state index in [1.165, 1.54) is 10.4 Å². The molecule has 1 aromatic heterocycles. The second kappa shape index (κ2) is 4.96. The average molecular weight is 267 g/mol. The summed E-state index contributed by atoms with van der Waals surface area (Å²) in [7, 11) is 0. The van der Waals surface area contributed by atoms with Crippen LogP contribution in [0.4, 0.5) is 0 Å². The predicted molar refractivity (Wildman–Crippen MR) is 79.3 cm³/mol. The van der Waals surface area contributed by atoms with Crippen molar-refractivity contribution in [3.05, 3.63) is 47.5 Å². The van der Waals surface area contributed by atoms with Crippen LogP contribution in [0.1, 0.15) is 24.5 Å². The van der Waals surface area contributed by atoms with Crippen LogP contribution in [0.3, 0.4) is 0 Å². The number of benzene rings is 2. The van der Waals surface area contributed by atoms with E-state index in [1.54, 1.807) is 6.07 Å². The molecule has 0 saturated heterocycles. The fourth-order valence-electron chi connectivity index (χ4n) is 2.31. The van der Waals surface area contributed by atoms with Crippen LogP contribution >= 0.6 is 0 Å². The Morgan fingerprint density at radius 1 is 1.05 bits per heavy atom. The molecule has 1 N–H and O–H groups in total. The molecule has 4 heteroatoms. The second-order valence-corrected chi connectivity index (χ2v) is 5.05. The van der Waals surface area contributed by atoms with Gasteiger partial charge in [-0.3, -0.25) is 0 Å². The summed E-state index contributed by atoms with van der Waals surface area (Å²) in [6, 6.07) is 11.5. The molecule has 0 unspecified atom stereocenters. The van der Waals surface area contributed by atoms with Crippen LogP contribution in [0, 0.1) is 6.92 Å². The second-order valence-electron chi connectivity index (χ2n) is 5.05. The summed E-state index contributed by atoms with van der Waals surface area (Å²) in [6.45, 7) is 4.16. The van der Waals surface area contributed by atoms with Gasteiger partial charge in [0.2, 0.25) is 0 Å². The van der Waals surface area contributed by atoms with Crippen LogP contribution in [-0.2, 0) is 6.42 Å². The minimum absolute atomic E-state index is 0.196. The Labute approximate surface area is 117 Å². The van der Waals surface area contributed by atoms with Crippen molar-refractivity contribution in [3.8, 4) is 11.4 Å². The number of aryl methyl sites for hydroxylation is 2. The predicted octanol–water partition coefficient (Wildman–Crippen LogP) is 3.39. The molecule has 0 aliphatic carbocycles. The molecule has 0 bridgehead atoms. The highest BCUT2D eigenvalue weighted by Gasteiger charge is 2.09. The van der Waals surface area contributed by atoms with E-state index in [4.69, 9.17) is 0 Å². The molecule has 0 aliphatic heterocycles. The van der Waals surface area contributed by atoms with Gasteiger partial charge in [0.15, 0.2) is 0 Å². The van der Waals surface area contributed by atoms with Gasteiger partial charge in [0, 0.05) is 0 Å². The van der Waals surface area contributed by atoms with Crippen molar-refractivity contribution < 1.29 is 5.11 Å². The summed E-state index contributed by atoms with van der Waals surface area (Å²) in [5.41, 5.74) is 4.62. The molecule has 0 atom stereocenters. The van der Waals surface area contributed by atoms with E-state index >= 15 is 0 Å². The maximum absolute atomic E-state index is 10.0. The van der Waals surface area contributed by atoms with Gasteiger partial charge in [0.05, 0.1) is 0 Å². The molecule has 0 spiro atoms. The van der Waals surface area contributed by atoms with Gasteiger partial charge in [0.25, 0.3) is 0 Å². The SMILES string of the molecule is CCCc1ccc(O)c(-n2nc3ccc(C)cc3n2)c1. The Morgan fingerprint density at radius 3 is 2.65 bits per heavy atom. The quantitative estimate of drug-likeness (QED) is 0.791. The lowest BCUT2D eigenvalue weighted by Crippen LogP contribution is -2.00. The van der Waals surface area contributed by atoms with Gasteiger partial charge < -0.3 is 5.11 Å². The normalized spacial score (nSPS) is 11.1. The largest absolute Gasteiger partial charge is 0.506 e. The maximum atomic E-state index is 10.0. The Morgan fingerprint density at radius 2 is 1.85 bits per heavy atom. The Bertz CT molecular complexity index is 762. The molecule has 0 aliphatic rings. The molecule has 0 fully saturated rings. The monoisotopic (exact) mass is 267 g/mol. The molecule has 0 radical (unpaired) electrons. The van der Waals surface area contributed by atoms with E-state index < -0.39 is 0 Å². The highest BCUT2D eigenvalue weighted by Crippen LogP contribution is 2.23. The van der Waals surface area contributed by atoms with Gasteiger partial charge in [-0.15, -0.1) is 15.0 Å². The van der Waals surface area contributed by atoms with Gasteiger partial charge in [0.1, 0.15) is 22.5 Å². The topological polar surface area (TPSA) is 50.9 Å². The first-order valence-electron chi connectivity index (χ1n) is 6.83. The van der Waals surface area contributed by atoms with E-state index in [1.807, 2.05) is 37.3 Å². The first kappa shape index (κ1) is 12.7. The number of nitrogens with zero attached hydrogens (tertiary/aromatic N) is 3. The molecule has 1 heterocycles. The summed E-state index contributed by atoms with van der Waals surface area (Å²) in [5, 5.41) is 18.9. The number of hydrogen-bond acceptors (Lipinski definition) is 3. The van der Waals surface area contributed by atoms with Crippen molar-refractivity contribution in [3.63, 3.8) is 0 Å². The number of fused-ring (bicyclic) bond motifs is 1. The maximum Gasteiger partial charge on any atom is 0.143 e. The zero-order valence-corrected chi connectivity index (χ0v) is 11.7. The first-order valence-corrected chi connectivity index (χ1v) is 6.83. The Hall–Kier alpha value is -2.36. The molecule has 2 aromatic carbocycles. The molecule has 102 valence electrons. The van der Waals surface area contributed by atoms with E-state index in [0.29, 0.717) is 5.69 Å². The van der Waals surface area contributed by atoms with Crippen molar-refractivity contribution in [1.29, 1.82) is 0 Å². The minimum atomic E-state index is 0.196. The number of phenolic OH excluding ortho intramolecular Hbond substituents is 1. The van der Waals surface area contributed by atoms with E-state index in [0.717, 1.165) is 29.4 Å². The van der Waals surface area contributed by atoms with Gasteiger partial charge >= 0.3 is 0 Å². The summed E-state index contributed by atoms with van der Waals surface area (Å²) < 4.78 is 0. The smallest absolute Gasteiger partial charge is 0.143 e. The minimum Gasteiger partial charge on any atom is -0.506 e. The van der Waals surface area contributed by atoms with Gasteiger partial charge in [-0.05, 0) is 48.7 Å². The lowest BCUT2D eigenvalue weighted by Gasteiger charge is -2.05. The molecule has 20 heavy (non-hydrogen) atoms. The van der Waals surface area contributed by atoms with Gasteiger partial charge in [-0.1, -0.05) is 25.5 Å². The summed E-state index contributed by atoms with van der Waals surface area (Å²) in [6.07, 6.45) is 2.05. The van der Waals surface area contributed by atoms with Crippen LogP contribution < -0.4 is 0 Å². The first-order chi connectivity index (χ1) is 9.67. The van der Waals surface area contributed by atoms with Crippen LogP contribution in [0.25, 0.3) is 16.7 Å². The third-order valence-corrected chi connectivity index (χ3v) is 3.33. The average Bonchev–Trinajstić information content (AvgIpc) is 2.84. The van der Waals surface area contributed by atoms with Gasteiger partial charge in [-0.25, -0.2) is 0 Å². The third kappa shape index (κ3) is 2.25. The highest BCUT2D eigenvalue weighted by atomic mass is 16.3. The fourth-order valence-corrected chi connectivity index (χ4v) is 2.31. The standard InChI is InChI=1S/C16H17N3O/c1-3-4-12-6-8-16(20)15(10-12)19-17-13-7-5-11(2)9-14(13)18-19/h5-10,20H,3-4H2,1-2H3. The zero-order chi connectivity index (χ0) is 14.1. The fraction of sp³-hybridized carbons (Fsp3) is 0.250. The van der Waals surface area contributed by atoms with Crippen molar-refractivity contribution >= 4 is 11.0 Å². The van der Waals surface area contributed by atoms with Crippen molar-refractivity contribution in [2.75, 3.05) is 0 Å². The molecule has 0 saturated carbocycles. The highest BCUT2D eigenvalue weighted by molar-refractivity contribution is 5.74. The Balaban J connectivity index is 2.12. The van der Waals surface area contributed by atoms with Crippen LogP contribution in [-0.4, -0.2) is 20.1 Å². The number of rotatable bonds is 3. The number of hydrogen-bond donors (Lipinski definition) is 1. The number of aromatic hydroxyl groups is 1. The molecular formula is C16H17N3O. The van der Waals surface area contributed by atoms with Crippen LogP contribution in [0.15, 0.2) is 36.4 Å². The molecule has 0 amide bonds. The molecule has 3 aromatic rings. The van der Waals surface area contributed by atoms with Crippen LogP contribution in [0.2, 0.25) is 0 Å².